The van der Waals surface area contributed by atoms with Crippen LogP contribution in [0.1, 0.15) is 28.2 Å². The largest absolute Gasteiger partial charge is 0.345 e. The van der Waals surface area contributed by atoms with Crippen LogP contribution in [-0.2, 0) is 19.5 Å². The van der Waals surface area contributed by atoms with Crippen LogP contribution >= 0.6 is 0 Å². The summed E-state index contributed by atoms with van der Waals surface area (Å²) < 4.78 is 1.97. The Kier molecular flexibility index (Phi) is 4.20. The number of carbonyl (C=O) groups excluding carboxylic acids is 1. The van der Waals surface area contributed by atoms with Crippen molar-refractivity contribution < 1.29 is 4.79 Å². The molecule has 6 nitrogen and oxygen atoms in total. The third-order valence-corrected chi connectivity index (χ3v) is 3.98. The molecule has 0 fully saturated rings. The number of aryl methyl sites for hydroxylation is 1. The van der Waals surface area contributed by atoms with Crippen molar-refractivity contribution in [3.8, 4) is 0 Å². The number of fused-ring (bicyclic) bond motifs is 1. The molecule has 0 aliphatic carbocycles. The second-order valence-electron chi connectivity index (χ2n) is 5.87. The van der Waals surface area contributed by atoms with E-state index in [4.69, 9.17) is 0 Å². The second kappa shape index (κ2) is 6.27. The van der Waals surface area contributed by atoms with Gasteiger partial charge in [0.25, 0.3) is 5.91 Å². The van der Waals surface area contributed by atoms with Crippen LogP contribution in [0, 0.1) is 0 Å². The molecule has 22 heavy (non-hydrogen) atoms. The lowest BCUT2D eigenvalue weighted by atomic mass is 10.1. The van der Waals surface area contributed by atoms with Gasteiger partial charge in [-0.1, -0.05) is 12.1 Å². The Hall–Kier alpha value is -2.21. The van der Waals surface area contributed by atoms with Gasteiger partial charge in [-0.2, -0.15) is 5.10 Å². The fourth-order valence-corrected chi connectivity index (χ4v) is 2.74. The van der Waals surface area contributed by atoms with Crippen LogP contribution in [0.5, 0.6) is 0 Å². The molecule has 116 valence electrons. The van der Waals surface area contributed by atoms with Crippen LogP contribution in [0.25, 0.3) is 0 Å². The topological polar surface area (TPSA) is 63.1 Å². The minimum absolute atomic E-state index is 0.0340. The molecular formula is C16H21N5O. The highest BCUT2D eigenvalue weighted by molar-refractivity contribution is 5.94. The van der Waals surface area contributed by atoms with Gasteiger partial charge in [0, 0.05) is 38.7 Å². The van der Waals surface area contributed by atoms with Crippen molar-refractivity contribution in [1.82, 2.24) is 25.0 Å². The molecular weight excluding hydrogens is 278 g/mol. The summed E-state index contributed by atoms with van der Waals surface area (Å²) in [5.41, 5.74) is 1.85. The fraction of sp³-hybridized carbons (Fsp3) is 0.438. The average Bonchev–Trinajstić information content (AvgIpc) is 3.00. The molecule has 2 heterocycles. The molecule has 1 aliphatic rings. The summed E-state index contributed by atoms with van der Waals surface area (Å²) in [5.74, 6) is 1.10. The third-order valence-electron chi connectivity index (χ3n) is 3.98. The summed E-state index contributed by atoms with van der Waals surface area (Å²) in [4.78, 5) is 17.8. The highest BCUT2D eigenvalue weighted by Gasteiger charge is 2.19. The van der Waals surface area contributed by atoms with Gasteiger partial charge in [-0.3, -0.25) is 4.79 Å². The van der Waals surface area contributed by atoms with Crippen molar-refractivity contribution in [2.24, 2.45) is 0 Å². The van der Waals surface area contributed by atoms with E-state index in [0.717, 1.165) is 42.9 Å². The van der Waals surface area contributed by atoms with Crippen LogP contribution in [0.3, 0.4) is 0 Å². The van der Waals surface area contributed by atoms with E-state index in [9.17, 15) is 4.79 Å². The number of hydrogen-bond donors (Lipinski definition) is 1. The van der Waals surface area contributed by atoms with Crippen molar-refractivity contribution in [2.45, 2.75) is 32.0 Å². The Bertz CT molecular complexity index is 664. The minimum atomic E-state index is 0.0340. The molecule has 3 rings (SSSR count). The van der Waals surface area contributed by atoms with E-state index in [1.54, 1.807) is 25.3 Å². The van der Waals surface area contributed by atoms with Crippen molar-refractivity contribution in [3.63, 3.8) is 0 Å². The number of nitrogens with zero attached hydrogens (tertiary/aromatic N) is 4. The monoisotopic (exact) mass is 299 g/mol. The third kappa shape index (κ3) is 3.17. The lowest BCUT2D eigenvalue weighted by molar-refractivity contribution is 0.0827. The average molecular weight is 299 g/mol. The molecule has 1 N–H and O–H groups in total. The molecule has 2 aromatic rings. The number of nitrogens with one attached hydrogen (secondary N) is 1. The van der Waals surface area contributed by atoms with Gasteiger partial charge in [-0.25, -0.2) is 9.67 Å². The maximum atomic E-state index is 12.0. The van der Waals surface area contributed by atoms with E-state index in [1.165, 1.54) is 0 Å². The van der Waals surface area contributed by atoms with Gasteiger partial charge in [0.15, 0.2) is 0 Å². The molecule has 1 atom stereocenters. The molecule has 1 aromatic heterocycles. The number of aromatic nitrogens is 3. The second-order valence-corrected chi connectivity index (χ2v) is 5.87. The predicted octanol–water partition coefficient (Wildman–Crippen LogP) is 1.08. The lowest BCUT2D eigenvalue weighted by Crippen LogP contribution is -2.37. The van der Waals surface area contributed by atoms with Crippen molar-refractivity contribution in [3.05, 3.63) is 47.5 Å². The van der Waals surface area contributed by atoms with E-state index in [1.807, 2.05) is 28.9 Å². The number of rotatable bonds is 4. The van der Waals surface area contributed by atoms with Crippen molar-refractivity contribution in [1.29, 1.82) is 0 Å². The number of amides is 1. The zero-order chi connectivity index (χ0) is 15.5. The Balaban J connectivity index is 1.60. The van der Waals surface area contributed by atoms with Gasteiger partial charge in [0.2, 0.25) is 0 Å². The normalized spacial score (nSPS) is 17.1. The van der Waals surface area contributed by atoms with Gasteiger partial charge >= 0.3 is 0 Å². The van der Waals surface area contributed by atoms with Crippen LogP contribution in [0.2, 0.25) is 0 Å². The first kappa shape index (κ1) is 14.7. The maximum Gasteiger partial charge on any atom is 0.253 e. The summed E-state index contributed by atoms with van der Waals surface area (Å²) in [6.45, 7) is 1.61. The molecule has 6 heteroatoms. The number of benzene rings is 1. The van der Waals surface area contributed by atoms with E-state index in [0.29, 0.717) is 6.04 Å². The molecule has 1 amide bonds. The maximum absolute atomic E-state index is 12.0. The summed E-state index contributed by atoms with van der Waals surface area (Å²) in [5, 5.41) is 7.78. The molecule has 0 bridgehead atoms. The molecule has 0 saturated heterocycles. The SMILES string of the molecule is CN(C)C(=O)c1cccc(CN[C@@H]2CCc3ncnn3C2)c1. The predicted molar refractivity (Wildman–Crippen MR) is 83.4 cm³/mol. The number of carbonyl (C=O) groups is 1. The zero-order valence-electron chi connectivity index (χ0n) is 13.0. The summed E-state index contributed by atoms with van der Waals surface area (Å²) in [7, 11) is 3.54. The number of hydrogen-bond acceptors (Lipinski definition) is 4. The molecule has 1 aromatic carbocycles. The highest BCUT2D eigenvalue weighted by Crippen LogP contribution is 2.13. The lowest BCUT2D eigenvalue weighted by Gasteiger charge is -2.23. The molecule has 0 saturated carbocycles. The van der Waals surface area contributed by atoms with Gasteiger partial charge in [0.05, 0.1) is 6.54 Å². The summed E-state index contributed by atoms with van der Waals surface area (Å²) >= 11 is 0. The van der Waals surface area contributed by atoms with Crippen LogP contribution < -0.4 is 5.32 Å². The molecule has 1 aliphatic heterocycles. The zero-order valence-corrected chi connectivity index (χ0v) is 13.0. The fourth-order valence-electron chi connectivity index (χ4n) is 2.74. The van der Waals surface area contributed by atoms with Gasteiger partial charge in [-0.15, -0.1) is 0 Å². The Morgan fingerprint density at radius 3 is 3.14 bits per heavy atom. The summed E-state index contributed by atoms with van der Waals surface area (Å²) in [6, 6.07) is 8.18. The first-order chi connectivity index (χ1) is 10.6. The Morgan fingerprint density at radius 2 is 2.32 bits per heavy atom. The Labute approximate surface area is 130 Å². The minimum Gasteiger partial charge on any atom is -0.345 e. The van der Waals surface area contributed by atoms with Crippen LogP contribution in [0.15, 0.2) is 30.6 Å². The van der Waals surface area contributed by atoms with Crippen molar-refractivity contribution in [2.75, 3.05) is 14.1 Å². The highest BCUT2D eigenvalue weighted by atomic mass is 16.2. The Morgan fingerprint density at radius 1 is 1.45 bits per heavy atom. The smallest absolute Gasteiger partial charge is 0.253 e. The quantitative estimate of drug-likeness (QED) is 0.918. The first-order valence-corrected chi connectivity index (χ1v) is 7.54. The van der Waals surface area contributed by atoms with Gasteiger partial charge in [0.1, 0.15) is 12.2 Å². The van der Waals surface area contributed by atoms with Crippen LogP contribution in [0.4, 0.5) is 0 Å². The van der Waals surface area contributed by atoms with E-state index >= 15 is 0 Å². The summed E-state index contributed by atoms with van der Waals surface area (Å²) in [6.07, 6.45) is 3.64. The van der Waals surface area contributed by atoms with E-state index in [-0.39, 0.29) is 5.91 Å². The van der Waals surface area contributed by atoms with E-state index in [2.05, 4.69) is 15.4 Å². The first-order valence-electron chi connectivity index (χ1n) is 7.54. The van der Waals surface area contributed by atoms with E-state index < -0.39 is 0 Å². The molecule has 0 unspecified atom stereocenters. The van der Waals surface area contributed by atoms with Gasteiger partial charge in [-0.05, 0) is 24.1 Å². The van der Waals surface area contributed by atoms with Gasteiger partial charge < -0.3 is 10.2 Å². The van der Waals surface area contributed by atoms with Crippen LogP contribution in [-0.4, -0.2) is 45.7 Å². The standard InChI is InChI=1S/C16H21N5O/c1-20(2)16(22)13-5-3-4-12(8-13)9-17-14-6-7-15-18-11-19-21(15)10-14/h3-5,8,11,14,17H,6-7,9-10H2,1-2H3/t14-/m1/s1. The molecule has 0 spiro atoms. The molecule has 0 radical (unpaired) electrons. The van der Waals surface area contributed by atoms with Crippen molar-refractivity contribution >= 4 is 5.91 Å².